The predicted molar refractivity (Wildman–Crippen MR) is 88.5 cm³/mol. The fraction of sp³-hybridized carbons (Fsp3) is 0.529. The summed E-state index contributed by atoms with van der Waals surface area (Å²) in [7, 11) is 0. The first kappa shape index (κ1) is 21.0. The number of carboxylic acid groups (broad SMARTS) is 1. The minimum Gasteiger partial charge on any atom is -0.548 e. The number of amides is 1. The number of hydrogen-bond acceptors (Lipinski definition) is 6. The van der Waals surface area contributed by atoms with Gasteiger partial charge in [-0.25, -0.2) is 4.98 Å². The van der Waals surface area contributed by atoms with E-state index in [9.17, 15) is 33.1 Å². The van der Waals surface area contributed by atoms with Crippen LogP contribution in [0.2, 0.25) is 0 Å². The molecule has 27 heavy (non-hydrogen) atoms. The van der Waals surface area contributed by atoms with Crippen LogP contribution in [0.4, 0.5) is 13.2 Å². The average Bonchev–Trinajstić information content (AvgIpc) is 2.61. The van der Waals surface area contributed by atoms with Gasteiger partial charge in [0.1, 0.15) is 11.1 Å². The van der Waals surface area contributed by atoms with Crippen molar-refractivity contribution in [2.45, 2.75) is 43.8 Å². The quantitative estimate of drug-likeness (QED) is 0.725. The van der Waals surface area contributed by atoms with Crippen LogP contribution in [-0.2, 0) is 28.6 Å². The molecular weight excluding hydrogens is 383 g/mol. The SMILES string of the molecule is CC[C@@H]1CCc2nc(SCC(=O)NCC(=O)[O-])c(C#N)c(C(F)(F)F)c2C1. The number of carboxylic acids is 1. The van der Waals surface area contributed by atoms with E-state index in [1.165, 1.54) is 0 Å². The number of halogens is 3. The lowest BCUT2D eigenvalue weighted by atomic mass is 9.82. The Morgan fingerprint density at radius 3 is 2.70 bits per heavy atom. The van der Waals surface area contributed by atoms with Crippen LogP contribution in [0.15, 0.2) is 5.03 Å². The van der Waals surface area contributed by atoms with Gasteiger partial charge in [0.25, 0.3) is 0 Å². The van der Waals surface area contributed by atoms with Crippen molar-refractivity contribution in [1.29, 1.82) is 5.26 Å². The number of aliphatic carboxylic acids is 1. The summed E-state index contributed by atoms with van der Waals surface area (Å²) in [4.78, 5) is 26.2. The third-order valence-corrected chi connectivity index (χ3v) is 5.35. The Labute approximate surface area is 158 Å². The smallest absolute Gasteiger partial charge is 0.418 e. The normalized spacial score (nSPS) is 16.3. The molecule has 10 heteroatoms. The standard InChI is InChI=1S/C17H18F3N3O3S/c1-2-9-3-4-12-10(5-9)15(17(18,19)20)11(6-21)16(23-12)27-8-13(24)22-7-14(25)26/h9H,2-5,7-8H2,1H3,(H,22,24)(H,25,26)/p-1/t9-/m1/s1. The molecule has 0 radical (unpaired) electrons. The summed E-state index contributed by atoms with van der Waals surface area (Å²) >= 11 is 0.682. The van der Waals surface area contributed by atoms with E-state index in [2.05, 4.69) is 10.3 Å². The molecule has 6 nitrogen and oxygen atoms in total. The molecule has 0 saturated heterocycles. The van der Waals surface area contributed by atoms with Gasteiger partial charge in [0.2, 0.25) is 5.91 Å². The predicted octanol–water partition coefficient (Wildman–Crippen LogP) is 1.45. The van der Waals surface area contributed by atoms with Gasteiger partial charge in [-0.1, -0.05) is 25.1 Å². The number of carbonyl (C=O) groups is 2. The van der Waals surface area contributed by atoms with E-state index in [0.717, 1.165) is 12.8 Å². The monoisotopic (exact) mass is 400 g/mol. The molecule has 0 fully saturated rings. The number of fused-ring (bicyclic) bond motifs is 1. The second-order valence-corrected chi connectivity index (χ2v) is 7.12. The maximum Gasteiger partial charge on any atom is 0.418 e. The summed E-state index contributed by atoms with van der Waals surface area (Å²) in [6, 6.07) is 1.59. The number of hydrogen-bond donors (Lipinski definition) is 1. The number of thioether (sulfide) groups is 1. The number of aromatic nitrogens is 1. The highest BCUT2D eigenvalue weighted by molar-refractivity contribution is 8.00. The molecule has 1 aromatic rings. The van der Waals surface area contributed by atoms with Crippen LogP contribution in [0, 0.1) is 17.2 Å². The molecule has 2 rings (SSSR count). The van der Waals surface area contributed by atoms with E-state index in [1.54, 1.807) is 6.07 Å². The van der Waals surface area contributed by atoms with Crippen molar-refractivity contribution in [2.75, 3.05) is 12.3 Å². The van der Waals surface area contributed by atoms with Crippen molar-refractivity contribution in [2.24, 2.45) is 5.92 Å². The Hall–Kier alpha value is -2.28. The van der Waals surface area contributed by atoms with Gasteiger partial charge < -0.3 is 15.2 Å². The number of aryl methyl sites for hydroxylation is 1. The number of pyridine rings is 1. The summed E-state index contributed by atoms with van der Waals surface area (Å²) < 4.78 is 41.1. The molecule has 0 spiro atoms. The van der Waals surface area contributed by atoms with Crippen LogP contribution in [0.3, 0.4) is 0 Å². The van der Waals surface area contributed by atoms with Gasteiger partial charge in [0.05, 0.1) is 29.4 Å². The van der Waals surface area contributed by atoms with Gasteiger partial charge in [0.15, 0.2) is 0 Å². The van der Waals surface area contributed by atoms with Crippen molar-refractivity contribution in [3.8, 4) is 6.07 Å². The number of rotatable bonds is 6. The number of nitrogens with zero attached hydrogens (tertiary/aromatic N) is 2. The van der Waals surface area contributed by atoms with E-state index in [1.807, 2.05) is 6.92 Å². The summed E-state index contributed by atoms with van der Waals surface area (Å²) in [5, 5.41) is 21.6. The lowest BCUT2D eigenvalue weighted by Crippen LogP contribution is -2.38. The van der Waals surface area contributed by atoms with E-state index in [4.69, 9.17) is 0 Å². The van der Waals surface area contributed by atoms with Gasteiger partial charge in [-0.3, -0.25) is 4.79 Å². The van der Waals surface area contributed by atoms with Crippen LogP contribution in [-0.4, -0.2) is 29.2 Å². The summed E-state index contributed by atoms with van der Waals surface area (Å²) in [6.07, 6.45) is -2.64. The van der Waals surface area contributed by atoms with Crippen molar-refractivity contribution in [1.82, 2.24) is 10.3 Å². The Balaban J connectivity index is 2.38. The Bertz CT molecular complexity index is 790. The molecule has 1 amide bonds. The summed E-state index contributed by atoms with van der Waals surface area (Å²) in [5.41, 5.74) is -1.17. The zero-order valence-electron chi connectivity index (χ0n) is 14.5. The fourth-order valence-corrected chi connectivity index (χ4v) is 3.87. The third kappa shape index (κ3) is 5.13. The van der Waals surface area contributed by atoms with Gasteiger partial charge in [0, 0.05) is 5.69 Å². The summed E-state index contributed by atoms with van der Waals surface area (Å²) in [5.74, 6) is -2.43. The van der Waals surface area contributed by atoms with Gasteiger partial charge in [-0.05, 0) is 30.7 Å². The molecule has 0 aliphatic heterocycles. The maximum atomic E-state index is 13.7. The zero-order chi connectivity index (χ0) is 20.2. The first-order valence-corrected chi connectivity index (χ1v) is 9.28. The van der Waals surface area contributed by atoms with Gasteiger partial charge in [-0.15, -0.1) is 0 Å². The number of nitriles is 1. The van der Waals surface area contributed by atoms with Crippen LogP contribution < -0.4 is 10.4 Å². The topological polar surface area (TPSA) is 106 Å². The Kier molecular flexibility index (Phi) is 6.70. The first-order chi connectivity index (χ1) is 12.7. The molecule has 1 atom stereocenters. The molecule has 0 bridgehead atoms. The maximum absolute atomic E-state index is 13.7. The van der Waals surface area contributed by atoms with Crippen molar-refractivity contribution < 1.29 is 27.9 Å². The number of nitrogens with one attached hydrogen (secondary N) is 1. The second kappa shape index (κ2) is 8.61. The van der Waals surface area contributed by atoms with Crippen LogP contribution in [0.5, 0.6) is 0 Å². The number of carbonyl (C=O) groups excluding carboxylic acids is 2. The Morgan fingerprint density at radius 1 is 1.44 bits per heavy atom. The molecule has 0 unspecified atom stereocenters. The van der Waals surface area contributed by atoms with Gasteiger partial charge >= 0.3 is 6.18 Å². The molecule has 1 aromatic heterocycles. The highest BCUT2D eigenvalue weighted by Gasteiger charge is 2.40. The highest BCUT2D eigenvalue weighted by atomic mass is 32.2. The lowest BCUT2D eigenvalue weighted by Gasteiger charge is -2.27. The minimum atomic E-state index is -4.71. The highest BCUT2D eigenvalue weighted by Crippen LogP contribution is 2.42. The van der Waals surface area contributed by atoms with Crippen molar-refractivity contribution in [3.63, 3.8) is 0 Å². The molecule has 1 aliphatic carbocycles. The van der Waals surface area contributed by atoms with E-state index >= 15 is 0 Å². The summed E-state index contributed by atoms with van der Waals surface area (Å²) in [6.45, 7) is 1.21. The van der Waals surface area contributed by atoms with Crippen molar-refractivity contribution in [3.05, 3.63) is 22.4 Å². The zero-order valence-corrected chi connectivity index (χ0v) is 15.3. The van der Waals surface area contributed by atoms with E-state index in [-0.39, 0.29) is 28.7 Å². The molecule has 146 valence electrons. The fourth-order valence-electron chi connectivity index (χ4n) is 3.03. The minimum absolute atomic E-state index is 0.0721. The molecule has 0 saturated carbocycles. The van der Waals surface area contributed by atoms with Crippen molar-refractivity contribution >= 4 is 23.6 Å². The third-order valence-electron chi connectivity index (χ3n) is 4.38. The van der Waals surface area contributed by atoms with Gasteiger partial charge in [-0.2, -0.15) is 18.4 Å². The van der Waals surface area contributed by atoms with E-state index in [0.29, 0.717) is 23.9 Å². The molecule has 1 N–H and O–H groups in total. The molecule has 0 aromatic carbocycles. The van der Waals surface area contributed by atoms with Crippen LogP contribution in [0.25, 0.3) is 0 Å². The lowest BCUT2D eigenvalue weighted by molar-refractivity contribution is -0.304. The average molecular weight is 400 g/mol. The van der Waals surface area contributed by atoms with E-state index < -0.39 is 35.7 Å². The first-order valence-electron chi connectivity index (χ1n) is 8.29. The molecule has 1 heterocycles. The molecule has 1 aliphatic rings. The largest absolute Gasteiger partial charge is 0.548 e. The second-order valence-electron chi connectivity index (χ2n) is 6.16. The number of alkyl halides is 3. The molecular formula is C17H17F3N3O3S-. The van der Waals surface area contributed by atoms with Crippen LogP contribution in [0.1, 0.15) is 42.1 Å². The van der Waals surface area contributed by atoms with Crippen LogP contribution >= 0.6 is 11.8 Å². The Morgan fingerprint density at radius 2 is 2.15 bits per heavy atom.